The number of rotatable bonds is 4. The molecule has 24 heavy (non-hydrogen) atoms. The number of nitrogens with one attached hydrogen (secondary N) is 1. The molecule has 0 radical (unpaired) electrons. The van der Waals surface area contributed by atoms with Gasteiger partial charge in [0, 0.05) is 17.1 Å². The second-order valence-electron chi connectivity index (χ2n) is 6.02. The summed E-state index contributed by atoms with van der Waals surface area (Å²) in [6.07, 6.45) is 2.11. The van der Waals surface area contributed by atoms with Crippen molar-refractivity contribution in [2.45, 2.75) is 20.8 Å². The van der Waals surface area contributed by atoms with Crippen LogP contribution in [-0.2, 0) is 0 Å². The summed E-state index contributed by atoms with van der Waals surface area (Å²) in [5.74, 6) is 0. The fourth-order valence-electron chi connectivity index (χ4n) is 2.75. The molecule has 0 saturated heterocycles. The van der Waals surface area contributed by atoms with Crippen molar-refractivity contribution in [3.63, 3.8) is 0 Å². The third kappa shape index (κ3) is 3.72. The quantitative estimate of drug-likeness (QED) is 0.676. The molecular formula is C22H22N2. The maximum atomic E-state index is 4.61. The van der Waals surface area contributed by atoms with E-state index in [1.165, 1.54) is 11.1 Å². The number of pyridine rings is 1. The first kappa shape index (κ1) is 16.0. The molecule has 120 valence electrons. The third-order valence-corrected chi connectivity index (χ3v) is 4.03. The van der Waals surface area contributed by atoms with Gasteiger partial charge in [0.1, 0.15) is 0 Å². The highest BCUT2D eigenvalue weighted by Crippen LogP contribution is 2.26. The van der Waals surface area contributed by atoms with Crippen molar-refractivity contribution in [3.05, 3.63) is 94.8 Å². The number of para-hydroxylation sites is 1. The zero-order chi connectivity index (χ0) is 16.9. The largest absolute Gasteiger partial charge is 0.355 e. The van der Waals surface area contributed by atoms with E-state index in [2.05, 4.69) is 72.7 Å². The fraction of sp³-hybridized carbons (Fsp3) is 0.136. The van der Waals surface area contributed by atoms with Crippen LogP contribution in [0.4, 0.5) is 5.69 Å². The van der Waals surface area contributed by atoms with E-state index in [0.29, 0.717) is 0 Å². The maximum absolute atomic E-state index is 4.61. The first-order chi connectivity index (χ1) is 11.6. The van der Waals surface area contributed by atoms with Crippen molar-refractivity contribution in [3.8, 4) is 0 Å². The second-order valence-corrected chi connectivity index (χ2v) is 6.02. The fourth-order valence-corrected chi connectivity index (χ4v) is 2.75. The topological polar surface area (TPSA) is 24.9 Å². The Bertz CT molecular complexity index is 844. The molecule has 0 aliphatic heterocycles. The van der Waals surface area contributed by atoms with Gasteiger partial charge in [-0.05, 0) is 55.7 Å². The highest BCUT2D eigenvalue weighted by Gasteiger charge is 2.07. The van der Waals surface area contributed by atoms with Crippen molar-refractivity contribution in [1.29, 1.82) is 0 Å². The monoisotopic (exact) mass is 314 g/mol. The van der Waals surface area contributed by atoms with Crippen LogP contribution in [0.3, 0.4) is 0 Å². The molecule has 2 nitrogen and oxygen atoms in total. The third-order valence-electron chi connectivity index (χ3n) is 4.03. The minimum absolute atomic E-state index is 0.951. The van der Waals surface area contributed by atoms with Crippen LogP contribution >= 0.6 is 0 Å². The van der Waals surface area contributed by atoms with Crippen LogP contribution in [0.2, 0.25) is 0 Å². The summed E-state index contributed by atoms with van der Waals surface area (Å²) in [6.45, 7) is 6.27. The molecule has 1 N–H and O–H groups in total. The van der Waals surface area contributed by atoms with Gasteiger partial charge in [0.05, 0.1) is 5.69 Å². The van der Waals surface area contributed by atoms with E-state index in [9.17, 15) is 0 Å². The summed E-state index contributed by atoms with van der Waals surface area (Å²) in [5, 5.41) is 3.62. The Hall–Kier alpha value is -2.87. The summed E-state index contributed by atoms with van der Waals surface area (Å²) >= 11 is 0. The van der Waals surface area contributed by atoms with E-state index >= 15 is 0 Å². The van der Waals surface area contributed by atoms with Gasteiger partial charge in [0.2, 0.25) is 0 Å². The summed E-state index contributed by atoms with van der Waals surface area (Å²) in [4.78, 5) is 4.61. The zero-order valence-corrected chi connectivity index (χ0v) is 14.4. The van der Waals surface area contributed by atoms with E-state index in [1.54, 1.807) is 0 Å². The number of benzene rings is 2. The second kappa shape index (κ2) is 7.14. The molecule has 1 aromatic heterocycles. The molecular weight excluding hydrogens is 292 g/mol. The van der Waals surface area contributed by atoms with E-state index in [4.69, 9.17) is 0 Å². The lowest BCUT2D eigenvalue weighted by atomic mass is 10.1. The van der Waals surface area contributed by atoms with E-state index in [0.717, 1.165) is 28.3 Å². The predicted octanol–water partition coefficient (Wildman–Crippen LogP) is 5.62. The Labute approximate surface area is 143 Å². The molecule has 3 rings (SSSR count). The molecule has 0 amide bonds. The van der Waals surface area contributed by atoms with Crippen LogP contribution < -0.4 is 5.32 Å². The Balaban J connectivity index is 2.06. The van der Waals surface area contributed by atoms with Crippen molar-refractivity contribution in [2.75, 3.05) is 5.32 Å². The number of aromatic nitrogens is 1. The highest BCUT2D eigenvalue weighted by molar-refractivity contribution is 5.89. The lowest BCUT2D eigenvalue weighted by molar-refractivity contribution is 1.18. The van der Waals surface area contributed by atoms with Gasteiger partial charge < -0.3 is 5.32 Å². The van der Waals surface area contributed by atoms with Crippen LogP contribution in [0.25, 0.3) is 11.8 Å². The standard InChI is InChI=1S/C22H22N2/c1-16-9-7-10-17(2)22(16)24-21(19-12-5-4-6-13-19)15-20-14-8-11-18(3)23-20/h4-15,24H,1-3H3/b21-15+. The minimum atomic E-state index is 0.951. The predicted molar refractivity (Wildman–Crippen MR) is 103 cm³/mol. The van der Waals surface area contributed by atoms with Gasteiger partial charge in [-0.2, -0.15) is 0 Å². The molecule has 0 spiro atoms. The average molecular weight is 314 g/mol. The van der Waals surface area contributed by atoms with E-state index < -0.39 is 0 Å². The normalized spacial score (nSPS) is 11.4. The van der Waals surface area contributed by atoms with Gasteiger partial charge in [0.25, 0.3) is 0 Å². The molecule has 0 aliphatic rings. The Morgan fingerprint density at radius 1 is 0.792 bits per heavy atom. The molecule has 2 aromatic carbocycles. The average Bonchev–Trinajstić information content (AvgIpc) is 2.58. The first-order valence-electron chi connectivity index (χ1n) is 8.17. The van der Waals surface area contributed by atoms with E-state index in [-0.39, 0.29) is 0 Å². The minimum Gasteiger partial charge on any atom is -0.355 e. The highest BCUT2D eigenvalue weighted by atomic mass is 14.9. The number of aryl methyl sites for hydroxylation is 3. The molecule has 0 saturated carbocycles. The molecule has 0 unspecified atom stereocenters. The molecule has 0 fully saturated rings. The molecule has 1 heterocycles. The van der Waals surface area contributed by atoms with E-state index in [1.807, 2.05) is 31.2 Å². The zero-order valence-electron chi connectivity index (χ0n) is 14.4. The van der Waals surface area contributed by atoms with Crippen LogP contribution in [0.15, 0.2) is 66.7 Å². The summed E-state index contributed by atoms with van der Waals surface area (Å²) < 4.78 is 0. The summed E-state index contributed by atoms with van der Waals surface area (Å²) in [7, 11) is 0. The lowest BCUT2D eigenvalue weighted by Crippen LogP contribution is -2.03. The molecule has 3 aromatic rings. The molecule has 0 bridgehead atoms. The van der Waals surface area contributed by atoms with Crippen molar-refractivity contribution >= 4 is 17.5 Å². The van der Waals surface area contributed by atoms with Gasteiger partial charge in [-0.25, -0.2) is 0 Å². The Morgan fingerprint density at radius 2 is 1.46 bits per heavy atom. The number of hydrogen-bond donors (Lipinski definition) is 1. The van der Waals surface area contributed by atoms with Crippen LogP contribution in [-0.4, -0.2) is 4.98 Å². The van der Waals surface area contributed by atoms with Crippen LogP contribution in [0.1, 0.15) is 28.1 Å². The van der Waals surface area contributed by atoms with Crippen molar-refractivity contribution in [2.24, 2.45) is 0 Å². The van der Waals surface area contributed by atoms with Crippen molar-refractivity contribution in [1.82, 2.24) is 4.98 Å². The summed E-state index contributed by atoms with van der Waals surface area (Å²) in [5.41, 5.74) is 7.77. The summed E-state index contributed by atoms with van der Waals surface area (Å²) in [6, 6.07) is 22.8. The maximum Gasteiger partial charge on any atom is 0.0653 e. The number of nitrogens with zero attached hydrogens (tertiary/aromatic N) is 1. The Morgan fingerprint density at radius 3 is 2.12 bits per heavy atom. The van der Waals surface area contributed by atoms with Gasteiger partial charge >= 0.3 is 0 Å². The van der Waals surface area contributed by atoms with Gasteiger partial charge in [-0.15, -0.1) is 0 Å². The SMILES string of the molecule is Cc1cccc(/C=C(/Nc2c(C)cccc2C)c2ccccc2)n1. The van der Waals surface area contributed by atoms with Gasteiger partial charge in [-0.3, -0.25) is 4.98 Å². The van der Waals surface area contributed by atoms with Crippen molar-refractivity contribution < 1.29 is 0 Å². The van der Waals surface area contributed by atoms with Gasteiger partial charge in [0.15, 0.2) is 0 Å². The van der Waals surface area contributed by atoms with Crippen LogP contribution in [0.5, 0.6) is 0 Å². The smallest absolute Gasteiger partial charge is 0.0653 e. The first-order valence-corrected chi connectivity index (χ1v) is 8.17. The lowest BCUT2D eigenvalue weighted by Gasteiger charge is -2.16. The molecule has 0 atom stereocenters. The van der Waals surface area contributed by atoms with Gasteiger partial charge in [-0.1, -0.05) is 54.6 Å². The Kier molecular flexibility index (Phi) is 4.76. The van der Waals surface area contributed by atoms with Crippen LogP contribution in [0, 0.1) is 20.8 Å². The molecule has 2 heteroatoms. The number of anilines is 1. The number of hydrogen-bond acceptors (Lipinski definition) is 2. The molecule has 0 aliphatic carbocycles.